The highest BCUT2D eigenvalue weighted by Crippen LogP contribution is 2.25. The van der Waals surface area contributed by atoms with Crippen molar-refractivity contribution in [2.24, 2.45) is 17.8 Å². The molecule has 0 aliphatic carbocycles. The van der Waals surface area contributed by atoms with Gasteiger partial charge in [0.15, 0.2) is 0 Å². The molecule has 0 bridgehead atoms. The van der Waals surface area contributed by atoms with E-state index in [1.54, 1.807) is 0 Å². The summed E-state index contributed by atoms with van der Waals surface area (Å²) >= 11 is 0. The molecule has 118 valence electrons. The molecule has 0 aromatic rings. The normalized spacial score (nSPS) is 28.4. The van der Waals surface area contributed by atoms with Crippen molar-refractivity contribution < 1.29 is 14.6 Å². The highest BCUT2D eigenvalue weighted by Gasteiger charge is 2.29. The number of carbonyl (C=O) groups excluding carboxylic acids is 1. The maximum Gasteiger partial charge on any atom is 0.223 e. The largest absolute Gasteiger partial charge is 0.396 e. The molecule has 1 aliphatic heterocycles. The monoisotopic (exact) mass is 285 g/mol. The fourth-order valence-corrected chi connectivity index (χ4v) is 3.16. The summed E-state index contributed by atoms with van der Waals surface area (Å²) < 4.78 is 5.67. The summed E-state index contributed by atoms with van der Waals surface area (Å²) in [7, 11) is 0. The zero-order valence-electron chi connectivity index (χ0n) is 13.4. The molecular weight excluding hydrogens is 254 g/mol. The van der Waals surface area contributed by atoms with Gasteiger partial charge in [-0.3, -0.25) is 4.79 Å². The van der Waals surface area contributed by atoms with E-state index >= 15 is 0 Å². The summed E-state index contributed by atoms with van der Waals surface area (Å²) in [6.07, 6.45) is 3.76. The van der Waals surface area contributed by atoms with Crippen molar-refractivity contribution in [1.82, 2.24) is 5.32 Å². The lowest BCUT2D eigenvalue weighted by Gasteiger charge is -2.31. The summed E-state index contributed by atoms with van der Waals surface area (Å²) in [6.45, 7) is 9.28. The van der Waals surface area contributed by atoms with Crippen molar-refractivity contribution in [3.05, 3.63) is 0 Å². The van der Waals surface area contributed by atoms with E-state index in [1.807, 2.05) is 13.8 Å². The van der Waals surface area contributed by atoms with Crippen molar-refractivity contribution >= 4 is 5.91 Å². The van der Waals surface area contributed by atoms with Gasteiger partial charge in [-0.25, -0.2) is 0 Å². The van der Waals surface area contributed by atoms with Crippen LogP contribution in [0, 0.1) is 17.8 Å². The van der Waals surface area contributed by atoms with E-state index in [9.17, 15) is 4.79 Å². The SMILES string of the molecule is CC(C)CC(CCO)CNC(=O)C1CC(C)OC(C)C1. The maximum absolute atomic E-state index is 12.3. The van der Waals surface area contributed by atoms with Gasteiger partial charge >= 0.3 is 0 Å². The Kier molecular flexibility index (Phi) is 7.52. The van der Waals surface area contributed by atoms with Crippen LogP contribution in [0.3, 0.4) is 0 Å². The number of ether oxygens (including phenoxy) is 1. The molecule has 0 spiro atoms. The Morgan fingerprint density at radius 1 is 1.30 bits per heavy atom. The average Bonchev–Trinajstić information content (AvgIpc) is 2.34. The van der Waals surface area contributed by atoms with Crippen LogP contribution < -0.4 is 5.32 Å². The molecule has 2 N–H and O–H groups in total. The van der Waals surface area contributed by atoms with Gasteiger partial charge in [-0.2, -0.15) is 0 Å². The van der Waals surface area contributed by atoms with Gasteiger partial charge in [0.2, 0.25) is 5.91 Å². The molecule has 1 saturated heterocycles. The van der Waals surface area contributed by atoms with Gasteiger partial charge in [-0.05, 0) is 51.4 Å². The molecule has 0 saturated carbocycles. The van der Waals surface area contributed by atoms with Crippen molar-refractivity contribution in [2.45, 2.75) is 65.6 Å². The molecule has 0 radical (unpaired) electrons. The summed E-state index contributed by atoms with van der Waals surface area (Å²) in [6, 6.07) is 0. The summed E-state index contributed by atoms with van der Waals surface area (Å²) in [5.74, 6) is 1.19. The van der Waals surface area contributed by atoms with E-state index in [1.165, 1.54) is 0 Å². The third-order valence-corrected chi connectivity index (χ3v) is 3.98. The molecule has 3 atom stereocenters. The van der Waals surface area contributed by atoms with E-state index in [2.05, 4.69) is 19.2 Å². The number of rotatable bonds is 7. The molecule has 1 heterocycles. The van der Waals surface area contributed by atoms with Crippen LogP contribution in [0.5, 0.6) is 0 Å². The molecule has 4 heteroatoms. The molecule has 20 heavy (non-hydrogen) atoms. The topological polar surface area (TPSA) is 58.6 Å². The predicted molar refractivity (Wildman–Crippen MR) is 80.4 cm³/mol. The van der Waals surface area contributed by atoms with Crippen molar-refractivity contribution in [1.29, 1.82) is 0 Å². The van der Waals surface area contributed by atoms with Crippen LogP contribution in [0.25, 0.3) is 0 Å². The second-order valence-electron chi connectivity index (χ2n) is 6.68. The molecule has 0 aromatic heterocycles. The molecular formula is C16H31NO3. The quantitative estimate of drug-likeness (QED) is 0.755. The zero-order valence-corrected chi connectivity index (χ0v) is 13.4. The third kappa shape index (κ3) is 6.23. The van der Waals surface area contributed by atoms with Crippen LogP contribution in [0.1, 0.15) is 53.4 Å². The van der Waals surface area contributed by atoms with Crippen LogP contribution in [-0.4, -0.2) is 36.4 Å². The fraction of sp³-hybridized carbons (Fsp3) is 0.938. The van der Waals surface area contributed by atoms with Crippen LogP contribution in [-0.2, 0) is 9.53 Å². The highest BCUT2D eigenvalue weighted by atomic mass is 16.5. The van der Waals surface area contributed by atoms with E-state index in [0.717, 1.165) is 25.7 Å². The number of nitrogens with one attached hydrogen (secondary N) is 1. The van der Waals surface area contributed by atoms with Gasteiger partial charge in [-0.15, -0.1) is 0 Å². The van der Waals surface area contributed by atoms with Crippen LogP contribution in [0.2, 0.25) is 0 Å². The highest BCUT2D eigenvalue weighted by molar-refractivity contribution is 5.78. The molecule has 0 aromatic carbocycles. The molecule has 1 aliphatic rings. The molecule has 1 fully saturated rings. The zero-order chi connectivity index (χ0) is 15.1. The van der Waals surface area contributed by atoms with Crippen molar-refractivity contribution in [3.8, 4) is 0 Å². The Morgan fingerprint density at radius 2 is 1.90 bits per heavy atom. The summed E-state index contributed by atoms with van der Waals surface area (Å²) in [5, 5.41) is 12.2. The lowest BCUT2D eigenvalue weighted by atomic mass is 9.91. The Bertz CT molecular complexity index is 283. The van der Waals surface area contributed by atoms with E-state index in [0.29, 0.717) is 18.4 Å². The summed E-state index contributed by atoms with van der Waals surface area (Å²) in [5.41, 5.74) is 0. The predicted octanol–water partition coefficient (Wildman–Crippen LogP) is 2.35. The first-order valence-corrected chi connectivity index (χ1v) is 7.96. The standard InChI is InChI=1S/C16H31NO3/c1-11(2)7-14(5-6-18)10-17-16(19)15-8-12(3)20-13(4)9-15/h11-15,18H,5-10H2,1-4H3,(H,17,19). The van der Waals surface area contributed by atoms with Crippen LogP contribution in [0.4, 0.5) is 0 Å². The van der Waals surface area contributed by atoms with Crippen molar-refractivity contribution in [2.75, 3.05) is 13.2 Å². The van der Waals surface area contributed by atoms with E-state index < -0.39 is 0 Å². The first-order valence-electron chi connectivity index (χ1n) is 7.96. The first-order chi connectivity index (χ1) is 9.42. The average molecular weight is 285 g/mol. The first kappa shape index (κ1) is 17.4. The number of hydrogen-bond acceptors (Lipinski definition) is 3. The summed E-state index contributed by atoms with van der Waals surface area (Å²) in [4.78, 5) is 12.3. The minimum absolute atomic E-state index is 0.0718. The molecule has 3 unspecified atom stereocenters. The van der Waals surface area contributed by atoms with Crippen LogP contribution >= 0.6 is 0 Å². The minimum Gasteiger partial charge on any atom is -0.396 e. The maximum atomic E-state index is 12.3. The second-order valence-corrected chi connectivity index (χ2v) is 6.68. The third-order valence-electron chi connectivity index (χ3n) is 3.98. The number of aliphatic hydroxyl groups excluding tert-OH is 1. The molecule has 1 rings (SSSR count). The lowest BCUT2D eigenvalue weighted by molar-refractivity contribution is -0.133. The smallest absolute Gasteiger partial charge is 0.223 e. The van der Waals surface area contributed by atoms with Crippen LogP contribution in [0.15, 0.2) is 0 Å². The number of carbonyl (C=O) groups is 1. The number of aliphatic hydroxyl groups is 1. The van der Waals surface area contributed by atoms with Gasteiger partial charge in [0, 0.05) is 19.1 Å². The van der Waals surface area contributed by atoms with Gasteiger partial charge in [-0.1, -0.05) is 13.8 Å². The Labute approximate surface area is 123 Å². The van der Waals surface area contributed by atoms with Gasteiger partial charge in [0.1, 0.15) is 0 Å². The molecule has 1 amide bonds. The number of amides is 1. The van der Waals surface area contributed by atoms with E-state index in [-0.39, 0.29) is 30.6 Å². The Balaban J connectivity index is 2.40. The van der Waals surface area contributed by atoms with Gasteiger partial charge in [0.25, 0.3) is 0 Å². The van der Waals surface area contributed by atoms with Crippen molar-refractivity contribution in [3.63, 3.8) is 0 Å². The number of hydrogen-bond donors (Lipinski definition) is 2. The Morgan fingerprint density at radius 3 is 2.40 bits per heavy atom. The Hall–Kier alpha value is -0.610. The molecule has 4 nitrogen and oxygen atoms in total. The minimum atomic E-state index is 0.0718. The van der Waals surface area contributed by atoms with Gasteiger partial charge in [0.05, 0.1) is 12.2 Å². The fourth-order valence-electron chi connectivity index (χ4n) is 3.16. The van der Waals surface area contributed by atoms with Gasteiger partial charge < -0.3 is 15.2 Å². The van der Waals surface area contributed by atoms with E-state index in [4.69, 9.17) is 9.84 Å². The second kappa shape index (κ2) is 8.63. The lowest BCUT2D eigenvalue weighted by Crippen LogP contribution is -2.41.